The Kier molecular flexibility index (Phi) is 5.14. The molecule has 150 valence electrons. The van der Waals surface area contributed by atoms with Crippen LogP contribution in [0.15, 0.2) is 64.4 Å². The van der Waals surface area contributed by atoms with Crippen LogP contribution in [0.4, 0.5) is 8.78 Å². The molecule has 0 bridgehead atoms. The summed E-state index contributed by atoms with van der Waals surface area (Å²) >= 11 is 7.91. The molecule has 3 aromatic carbocycles. The number of rotatable bonds is 5. The van der Waals surface area contributed by atoms with Crippen molar-refractivity contribution in [2.45, 2.75) is 16.2 Å². The first-order valence-electron chi connectivity index (χ1n) is 8.37. The SMILES string of the molecule is CSc1ccc2c(ccc3c(C(F)F)nn(NS(=O)(=O)c4ccccc4)c32)c1Cl. The molecule has 0 unspecified atom stereocenters. The quantitative estimate of drug-likeness (QED) is 0.409. The molecule has 1 N–H and O–H groups in total. The van der Waals surface area contributed by atoms with Crippen LogP contribution < -0.4 is 4.83 Å². The minimum absolute atomic E-state index is 0.00909. The van der Waals surface area contributed by atoms with Crippen molar-refractivity contribution in [2.24, 2.45) is 0 Å². The lowest BCUT2D eigenvalue weighted by Crippen LogP contribution is -2.24. The van der Waals surface area contributed by atoms with Crippen LogP contribution in [0.3, 0.4) is 0 Å². The van der Waals surface area contributed by atoms with Crippen molar-refractivity contribution < 1.29 is 17.2 Å². The second kappa shape index (κ2) is 7.47. The number of hydrogen-bond acceptors (Lipinski definition) is 4. The predicted octanol–water partition coefficient (Wildman–Crippen LogP) is 5.43. The van der Waals surface area contributed by atoms with E-state index in [2.05, 4.69) is 9.93 Å². The average molecular weight is 454 g/mol. The Hall–Kier alpha value is -2.36. The third kappa shape index (κ3) is 3.43. The van der Waals surface area contributed by atoms with E-state index in [1.54, 1.807) is 36.4 Å². The number of alkyl halides is 2. The molecule has 1 aromatic heterocycles. The molecule has 10 heteroatoms. The van der Waals surface area contributed by atoms with Crippen LogP contribution in [-0.2, 0) is 10.0 Å². The lowest BCUT2D eigenvalue weighted by Gasteiger charge is -2.11. The molecule has 0 saturated carbocycles. The summed E-state index contributed by atoms with van der Waals surface area (Å²) in [7, 11) is -4.04. The van der Waals surface area contributed by atoms with Crippen LogP contribution in [0.2, 0.25) is 5.02 Å². The van der Waals surface area contributed by atoms with E-state index >= 15 is 0 Å². The molecule has 0 radical (unpaired) electrons. The molecule has 5 nitrogen and oxygen atoms in total. The zero-order valence-corrected chi connectivity index (χ0v) is 17.3. The van der Waals surface area contributed by atoms with Gasteiger partial charge in [-0.1, -0.05) is 41.9 Å². The van der Waals surface area contributed by atoms with E-state index in [0.717, 1.165) is 9.69 Å². The van der Waals surface area contributed by atoms with E-state index in [9.17, 15) is 17.2 Å². The number of thioether (sulfide) groups is 1. The molecule has 0 saturated heterocycles. The number of fused-ring (bicyclic) bond motifs is 3. The summed E-state index contributed by atoms with van der Waals surface area (Å²) in [4.78, 5) is 3.99. The third-order valence-corrected chi connectivity index (χ3v) is 7.06. The Bertz CT molecular complexity index is 1330. The molecular formula is C19H14ClF2N3O2S2. The second-order valence-corrected chi connectivity index (χ2v) is 9.03. The standard InChI is InChI=1S/C19H14ClF2N3O2S2/c1-28-15-10-9-13-12(16(15)20)7-8-14-17(19(21)22)23-25(18(13)14)24-29(26,27)11-5-3-2-4-6-11/h2-10,19,24H,1H3. The lowest BCUT2D eigenvalue weighted by atomic mass is 10.1. The minimum Gasteiger partial charge on any atom is -0.203 e. The highest BCUT2D eigenvalue weighted by Crippen LogP contribution is 2.38. The number of nitrogens with zero attached hydrogens (tertiary/aromatic N) is 2. The third-order valence-electron chi connectivity index (χ3n) is 4.45. The van der Waals surface area contributed by atoms with Crippen molar-refractivity contribution in [2.75, 3.05) is 11.1 Å². The lowest BCUT2D eigenvalue weighted by molar-refractivity contribution is 0.147. The smallest absolute Gasteiger partial charge is 0.203 e. The highest BCUT2D eigenvalue weighted by Gasteiger charge is 2.24. The van der Waals surface area contributed by atoms with Crippen LogP contribution in [-0.4, -0.2) is 24.6 Å². The van der Waals surface area contributed by atoms with E-state index < -0.39 is 22.1 Å². The van der Waals surface area contributed by atoms with Gasteiger partial charge in [0.05, 0.1) is 9.92 Å². The molecule has 0 aliphatic rings. The zero-order chi connectivity index (χ0) is 20.8. The maximum absolute atomic E-state index is 13.6. The summed E-state index contributed by atoms with van der Waals surface area (Å²) in [6.45, 7) is 0. The van der Waals surface area contributed by atoms with E-state index in [0.29, 0.717) is 15.8 Å². The summed E-state index contributed by atoms with van der Waals surface area (Å²) < 4.78 is 52.6. The van der Waals surface area contributed by atoms with E-state index in [-0.39, 0.29) is 15.8 Å². The van der Waals surface area contributed by atoms with Crippen LogP contribution in [0, 0.1) is 0 Å². The first-order valence-corrected chi connectivity index (χ1v) is 11.5. The average Bonchev–Trinajstić information content (AvgIpc) is 3.07. The second-order valence-electron chi connectivity index (χ2n) is 6.14. The fourth-order valence-corrected chi connectivity index (χ4v) is 5.06. The van der Waals surface area contributed by atoms with E-state index in [1.807, 2.05) is 6.26 Å². The van der Waals surface area contributed by atoms with E-state index in [1.165, 1.54) is 30.0 Å². The number of sulfonamides is 1. The van der Waals surface area contributed by atoms with Crippen molar-refractivity contribution in [1.29, 1.82) is 0 Å². The van der Waals surface area contributed by atoms with Crippen molar-refractivity contribution in [3.63, 3.8) is 0 Å². The van der Waals surface area contributed by atoms with Gasteiger partial charge in [-0.2, -0.15) is 18.0 Å². The molecule has 29 heavy (non-hydrogen) atoms. The van der Waals surface area contributed by atoms with Gasteiger partial charge in [-0.15, -0.1) is 16.9 Å². The number of nitrogens with one attached hydrogen (secondary N) is 1. The van der Waals surface area contributed by atoms with Gasteiger partial charge in [0.2, 0.25) is 0 Å². The van der Waals surface area contributed by atoms with Gasteiger partial charge in [0.15, 0.2) is 0 Å². The zero-order valence-electron chi connectivity index (χ0n) is 14.9. The van der Waals surface area contributed by atoms with Gasteiger partial charge in [-0.05, 0) is 30.5 Å². The maximum Gasteiger partial charge on any atom is 0.282 e. The minimum atomic E-state index is -4.04. The van der Waals surface area contributed by atoms with E-state index in [4.69, 9.17) is 11.6 Å². The van der Waals surface area contributed by atoms with Crippen molar-refractivity contribution in [3.8, 4) is 0 Å². The summed E-state index contributed by atoms with van der Waals surface area (Å²) in [6.07, 6.45) is -1.00. The molecule has 0 amide bonds. The van der Waals surface area contributed by atoms with Crippen LogP contribution in [0.25, 0.3) is 21.7 Å². The first-order chi connectivity index (χ1) is 13.8. The molecule has 0 aliphatic carbocycles. The summed E-state index contributed by atoms with van der Waals surface area (Å²) in [5, 5.41) is 5.60. The van der Waals surface area contributed by atoms with Crippen molar-refractivity contribution in [1.82, 2.24) is 9.89 Å². The molecular weight excluding hydrogens is 440 g/mol. The molecule has 0 aliphatic heterocycles. The van der Waals surface area contributed by atoms with Gasteiger partial charge in [-0.25, -0.2) is 8.78 Å². The normalized spacial score (nSPS) is 12.2. The highest BCUT2D eigenvalue weighted by atomic mass is 35.5. The van der Waals surface area contributed by atoms with Crippen molar-refractivity contribution >= 4 is 55.1 Å². The van der Waals surface area contributed by atoms with Gasteiger partial charge in [0, 0.05) is 21.1 Å². The molecule has 4 aromatic rings. The Morgan fingerprint density at radius 3 is 2.34 bits per heavy atom. The van der Waals surface area contributed by atoms with Gasteiger partial charge >= 0.3 is 0 Å². The fourth-order valence-electron chi connectivity index (χ4n) is 3.13. The Labute approximate surface area is 174 Å². The van der Waals surface area contributed by atoms with Gasteiger partial charge in [-0.3, -0.25) is 0 Å². The van der Waals surface area contributed by atoms with Crippen LogP contribution >= 0.6 is 23.4 Å². The number of benzene rings is 3. The molecule has 0 fully saturated rings. The number of aromatic nitrogens is 2. The van der Waals surface area contributed by atoms with Crippen molar-refractivity contribution in [3.05, 3.63) is 65.3 Å². The highest BCUT2D eigenvalue weighted by molar-refractivity contribution is 7.98. The first kappa shape index (κ1) is 19.9. The monoisotopic (exact) mass is 453 g/mol. The summed E-state index contributed by atoms with van der Waals surface area (Å²) in [5.41, 5.74) is -0.297. The Morgan fingerprint density at radius 1 is 1.03 bits per heavy atom. The predicted molar refractivity (Wildman–Crippen MR) is 112 cm³/mol. The number of halogens is 3. The van der Waals surface area contributed by atoms with Gasteiger partial charge < -0.3 is 0 Å². The van der Waals surface area contributed by atoms with Gasteiger partial charge in [0.25, 0.3) is 16.4 Å². The van der Waals surface area contributed by atoms with Crippen LogP contribution in [0.5, 0.6) is 0 Å². The van der Waals surface area contributed by atoms with Crippen LogP contribution in [0.1, 0.15) is 12.1 Å². The Balaban J connectivity index is 1.99. The largest absolute Gasteiger partial charge is 0.282 e. The molecule has 4 rings (SSSR count). The fraction of sp³-hybridized carbons (Fsp3) is 0.105. The maximum atomic E-state index is 13.6. The van der Waals surface area contributed by atoms with Gasteiger partial charge in [0.1, 0.15) is 11.2 Å². The topological polar surface area (TPSA) is 64.0 Å². The molecule has 0 spiro atoms. The number of hydrogen-bond donors (Lipinski definition) is 1. The molecule has 0 atom stereocenters. The molecule has 1 heterocycles. The Morgan fingerprint density at radius 2 is 1.69 bits per heavy atom. The summed E-state index contributed by atoms with van der Waals surface area (Å²) in [5.74, 6) is 0. The summed E-state index contributed by atoms with van der Waals surface area (Å²) in [6, 6.07) is 14.2.